The van der Waals surface area contributed by atoms with Crippen LogP contribution in [0.3, 0.4) is 0 Å². The van der Waals surface area contributed by atoms with Gasteiger partial charge in [0, 0.05) is 19.1 Å². The molecule has 1 fully saturated rings. The lowest BCUT2D eigenvalue weighted by Crippen LogP contribution is -2.41. The van der Waals surface area contributed by atoms with Crippen LogP contribution in [0.2, 0.25) is 0 Å². The molecule has 0 aromatic rings. The zero-order valence-electron chi connectivity index (χ0n) is 7.79. The van der Waals surface area contributed by atoms with Crippen molar-refractivity contribution in [3.63, 3.8) is 0 Å². The van der Waals surface area contributed by atoms with Gasteiger partial charge in [-0.1, -0.05) is 0 Å². The largest absolute Gasteiger partial charge is 0.369 e. The number of amides is 1. The van der Waals surface area contributed by atoms with Gasteiger partial charge in [0.05, 0.1) is 6.54 Å². The molecule has 3 N–H and O–H groups in total. The Morgan fingerprint density at radius 2 is 2.46 bits per heavy atom. The number of nitrogens with one attached hydrogen (secondary N) is 1. The summed E-state index contributed by atoms with van der Waals surface area (Å²) in [6, 6.07) is 0.104. The second kappa shape index (κ2) is 4.53. The van der Waals surface area contributed by atoms with Crippen molar-refractivity contribution in [3.8, 4) is 0 Å². The third-order valence-corrected chi connectivity index (χ3v) is 2.28. The molecule has 0 radical (unpaired) electrons. The first kappa shape index (κ1) is 10.4. The third-order valence-electron chi connectivity index (χ3n) is 2.28. The standard InChI is InChI=1S/C8H16FN3O/c1-11-3-7-2-6(9)4-12(7)5-8(10)13/h6-7,11H,2-5H2,1H3,(H2,10,13)/t6-,7+/m1/s1. The third kappa shape index (κ3) is 2.93. The molecule has 0 bridgehead atoms. The summed E-state index contributed by atoms with van der Waals surface area (Å²) in [4.78, 5) is 12.4. The van der Waals surface area contributed by atoms with E-state index in [0.29, 0.717) is 19.5 Å². The number of likely N-dealkylation sites (tertiary alicyclic amines) is 1. The van der Waals surface area contributed by atoms with E-state index in [2.05, 4.69) is 5.32 Å². The number of carbonyl (C=O) groups is 1. The highest BCUT2D eigenvalue weighted by atomic mass is 19.1. The van der Waals surface area contributed by atoms with Crippen molar-refractivity contribution in [1.29, 1.82) is 0 Å². The molecular weight excluding hydrogens is 173 g/mol. The van der Waals surface area contributed by atoms with Crippen molar-refractivity contribution in [2.24, 2.45) is 5.73 Å². The summed E-state index contributed by atoms with van der Waals surface area (Å²) in [6.45, 7) is 1.19. The van der Waals surface area contributed by atoms with E-state index in [0.717, 1.165) is 0 Å². The SMILES string of the molecule is CNC[C@@H]1C[C@@H](F)CN1CC(N)=O. The molecule has 2 atom stereocenters. The van der Waals surface area contributed by atoms with Gasteiger partial charge in [-0.25, -0.2) is 4.39 Å². The Bertz CT molecular complexity index is 188. The Morgan fingerprint density at radius 1 is 1.77 bits per heavy atom. The summed E-state index contributed by atoms with van der Waals surface area (Å²) in [5, 5.41) is 2.97. The van der Waals surface area contributed by atoms with E-state index < -0.39 is 12.1 Å². The van der Waals surface area contributed by atoms with Crippen LogP contribution in [-0.4, -0.2) is 49.7 Å². The summed E-state index contributed by atoms with van der Waals surface area (Å²) in [5.74, 6) is -0.393. The number of primary amides is 1. The van der Waals surface area contributed by atoms with Crippen LogP contribution in [0.25, 0.3) is 0 Å². The van der Waals surface area contributed by atoms with Gasteiger partial charge in [-0.2, -0.15) is 0 Å². The van der Waals surface area contributed by atoms with Crippen LogP contribution >= 0.6 is 0 Å². The Kier molecular flexibility index (Phi) is 3.62. The maximum Gasteiger partial charge on any atom is 0.231 e. The molecule has 1 amide bonds. The van der Waals surface area contributed by atoms with Gasteiger partial charge >= 0.3 is 0 Å². The Balaban J connectivity index is 2.45. The molecule has 76 valence electrons. The number of halogens is 1. The monoisotopic (exact) mass is 189 g/mol. The fourth-order valence-corrected chi connectivity index (χ4v) is 1.76. The van der Waals surface area contributed by atoms with Crippen molar-refractivity contribution in [2.75, 3.05) is 26.7 Å². The maximum absolute atomic E-state index is 13.0. The minimum absolute atomic E-state index is 0.104. The molecule has 1 aliphatic heterocycles. The van der Waals surface area contributed by atoms with Gasteiger partial charge in [-0.3, -0.25) is 9.69 Å². The molecule has 0 saturated carbocycles. The molecular formula is C8H16FN3O. The second-order valence-corrected chi connectivity index (χ2v) is 3.44. The van der Waals surface area contributed by atoms with Gasteiger partial charge in [0.1, 0.15) is 6.17 Å². The van der Waals surface area contributed by atoms with E-state index in [9.17, 15) is 9.18 Å². The Morgan fingerprint density at radius 3 is 3.00 bits per heavy atom. The minimum atomic E-state index is -0.822. The number of likely N-dealkylation sites (N-methyl/N-ethyl adjacent to an activating group) is 1. The molecule has 1 rings (SSSR count). The molecule has 1 heterocycles. The molecule has 4 nitrogen and oxygen atoms in total. The highest BCUT2D eigenvalue weighted by Gasteiger charge is 2.31. The average Bonchev–Trinajstić information content (AvgIpc) is 2.31. The van der Waals surface area contributed by atoms with Crippen LogP contribution in [-0.2, 0) is 4.79 Å². The molecule has 1 aliphatic rings. The lowest BCUT2D eigenvalue weighted by Gasteiger charge is -2.21. The van der Waals surface area contributed by atoms with Crippen LogP contribution in [0.4, 0.5) is 4.39 Å². The fourth-order valence-electron chi connectivity index (χ4n) is 1.76. The number of carbonyl (C=O) groups excluding carboxylic acids is 1. The lowest BCUT2D eigenvalue weighted by molar-refractivity contribution is -0.119. The molecule has 0 aromatic heterocycles. The van der Waals surface area contributed by atoms with Gasteiger partial charge < -0.3 is 11.1 Å². The first-order chi connectivity index (χ1) is 6.13. The van der Waals surface area contributed by atoms with E-state index in [-0.39, 0.29) is 12.6 Å². The predicted molar refractivity (Wildman–Crippen MR) is 48.0 cm³/mol. The Labute approximate surface area is 77.3 Å². The summed E-state index contributed by atoms with van der Waals surface area (Å²) in [7, 11) is 1.81. The number of hydrogen-bond donors (Lipinski definition) is 2. The van der Waals surface area contributed by atoms with Crippen LogP contribution in [0.1, 0.15) is 6.42 Å². The number of nitrogens with two attached hydrogens (primary N) is 1. The van der Waals surface area contributed by atoms with Gasteiger partial charge in [-0.15, -0.1) is 0 Å². The molecule has 0 unspecified atom stereocenters. The van der Waals surface area contributed by atoms with Crippen molar-refractivity contribution in [3.05, 3.63) is 0 Å². The quantitative estimate of drug-likeness (QED) is 0.603. The van der Waals surface area contributed by atoms with E-state index in [1.807, 2.05) is 7.05 Å². The molecule has 5 heteroatoms. The van der Waals surface area contributed by atoms with Gasteiger partial charge in [-0.05, 0) is 13.5 Å². The highest BCUT2D eigenvalue weighted by Crippen LogP contribution is 2.18. The predicted octanol–water partition coefficient (Wildman–Crippen LogP) is -0.896. The van der Waals surface area contributed by atoms with E-state index in [1.54, 1.807) is 4.90 Å². The zero-order valence-corrected chi connectivity index (χ0v) is 7.79. The molecule has 0 aromatic carbocycles. The van der Waals surface area contributed by atoms with Gasteiger partial charge in [0.25, 0.3) is 0 Å². The number of nitrogens with zero attached hydrogens (tertiary/aromatic N) is 1. The van der Waals surface area contributed by atoms with Gasteiger partial charge in [0.15, 0.2) is 0 Å². The number of hydrogen-bond acceptors (Lipinski definition) is 3. The summed E-state index contributed by atoms with van der Waals surface area (Å²) in [6.07, 6.45) is -0.327. The summed E-state index contributed by atoms with van der Waals surface area (Å²) < 4.78 is 13.0. The van der Waals surface area contributed by atoms with Crippen molar-refractivity contribution < 1.29 is 9.18 Å². The maximum atomic E-state index is 13.0. The number of alkyl halides is 1. The number of rotatable bonds is 4. The Hall–Kier alpha value is -0.680. The zero-order chi connectivity index (χ0) is 9.84. The smallest absolute Gasteiger partial charge is 0.231 e. The molecule has 0 aliphatic carbocycles. The normalized spacial score (nSPS) is 29.4. The topological polar surface area (TPSA) is 58.4 Å². The van der Waals surface area contributed by atoms with Crippen molar-refractivity contribution in [1.82, 2.24) is 10.2 Å². The summed E-state index contributed by atoms with van der Waals surface area (Å²) >= 11 is 0. The van der Waals surface area contributed by atoms with E-state index in [1.165, 1.54) is 0 Å². The molecule has 1 saturated heterocycles. The lowest BCUT2D eigenvalue weighted by atomic mass is 10.2. The minimum Gasteiger partial charge on any atom is -0.369 e. The second-order valence-electron chi connectivity index (χ2n) is 3.44. The van der Waals surface area contributed by atoms with Crippen LogP contribution in [0, 0.1) is 0 Å². The first-order valence-electron chi connectivity index (χ1n) is 4.44. The van der Waals surface area contributed by atoms with Gasteiger partial charge in [0.2, 0.25) is 5.91 Å². The molecule has 0 spiro atoms. The van der Waals surface area contributed by atoms with Crippen LogP contribution in [0.15, 0.2) is 0 Å². The van der Waals surface area contributed by atoms with E-state index in [4.69, 9.17) is 5.73 Å². The van der Waals surface area contributed by atoms with Crippen LogP contribution < -0.4 is 11.1 Å². The highest BCUT2D eigenvalue weighted by molar-refractivity contribution is 5.76. The average molecular weight is 189 g/mol. The molecule has 13 heavy (non-hydrogen) atoms. The summed E-state index contributed by atoms with van der Waals surface area (Å²) in [5.41, 5.74) is 5.05. The fraction of sp³-hybridized carbons (Fsp3) is 0.875. The van der Waals surface area contributed by atoms with E-state index >= 15 is 0 Å². The van der Waals surface area contributed by atoms with Crippen molar-refractivity contribution >= 4 is 5.91 Å². The van der Waals surface area contributed by atoms with Crippen LogP contribution in [0.5, 0.6) is 0 Å². The van der Waals surface area contributed by atoms with Crippen molar-refractivity contribution in [2.45, 2.75) is 18.6 Å². The first-order valence-corrected chi connectivity index (χ1v) is 4.44.